The first-order valence-electron chi connectivity index (χ1n) is 6.65. The highest BCUT2D eigenvalue weighted by atomic mass is 32.1. The lowest BCUT2D eigenvalue weighted by Gasteiger charge is -2.10. The summed E-state index contributed by atoms with van der Waals surface area (Å²) >= 11 is 2.04. The molecule has 0 spiro atoms. The van der Waals surface area contributed by atoms with Crippen LogP contribution in [-0.4, -0.2) is 6.04 Å². The van der Waals surface area contributed by atoms with Crippen LogP contribution in [0.3, 0.4) is 0 Å². The number of rotatable bonds is 3. The third kappa shape index (κ3) is 2.18. The molecule has 0 aromatic carbocycles. The molecule has 3 rings (SSSR count). The molecular formula is C14H21NS. The standard InChI is InChI=1S/C14H21NS/c1-10-5-6-12(7-10)15-9-13-8-11-3-2-4-14(11)16-13/h8,10,12,15H,2-7,9H2,1H3. The molecule has 0 aliphatic heterocycles. The van der Waals surface area contributed by atoms with Gasteiger partial charge in [-0.1, -0.05) is 6.92 Å². The Balaban J connectivity index is 1.54. The van der Waals surface area contributed by atoms with Crippen molar-refractivity contribution in [2.45, 2.75) is 58.0 Å². The van der Waals surface area contributed by atoms with E-state index < -0.39 is 0 Å². The van der Waals surface area contributed by atoms with Crippen molar-refractivity contribution in [1.29, 1.82) is 0 Å². The van der Waals surface area contributed by atoms with Gasteiger partial charge in [0.25, 0.3) is 0 Å². The van der Waals surface area contributed by atoms with Crippen LogP contribution < -0.4 is 5.32 Å². The van der Waals surface area contributed by atoms with Crippen LogP contribution in [0.4, 0.5) is 0 Å². The molecule has 1 aromatic heterocycles. The van der Waals surface area contributed by atoms with Gasteiger partial charge in [-0.05, 0) is 56.1 Å². The van der Waals surface area contributed by atoms with Gasteiger partial charge in [-0.15, -0.1) is 11.3 Å². The van der Waals surface area contributed by atoms with Crippen LogP contribution in [0.5, 0.6) is 0 Å². The van der Waals surface area contributed by atoms with Crippen molar-refractivity contribution in [3.63, 3.8) is 0 Å². The van der Waals surface area contributed by atoms with Gasteiger partial charge in [-0.2, -0.15) is 0 Å². The van der Waals surface area contributed by atoms with Crippen LogP contribution in [0.1, 0.15) is 47.9 Å². The fraction of sp³-hybridized carbons (Fsp3) is 0.714. The summed E-state index contributed by atoms with van der Waals surface area (Å²) in [6.07, 6.45) is 8.22. The number of aryl methyl sites for hydroxylation is 2. The van der Waals surface area contributed by atoms with E-state index in [1.807, 2.05) is 11.3 Å². The first kappa shape index (κ1) is 10.8. The third-order valence-corrected chi connectivity index (χ3v) is 5.29. The second kappa shape index (κ2) is 4.50. The van der Waals surface area contributed by atoms with E-state index in [9.17, 15) is 0 Å². The van der Waals surface area contributed by atoms with E-state index in [0.717, 1.165) is 18.5 Å². The Morgan fingerprint density at radius 3 is 3.06 bits per heavy atom. The lowest BCUT2D eigenvalue weighted by Crippen LogP contribution is -2.25. The second-order valence-electron chi connectivity index (χ2n) is 5.51. The maximum Gasteiger partial charge on any atom is 0.0302 e. The average molecular weight is 235 g/mol. The Morgan fingerprint density at radius 2 is 2.31 bits per heavy atom. The van der Waals surface area contributed by atoms with Gasteiger partial charge in [0.2, 0.25) is 0 Å². The molecule has 1 fully saturated rings. The minimum atomic E-state index is 0.784. The van der Waals surface area contributed by atoms with Crippen molar-refractivity contribution in [2.75, 3.05) is 0 Å². The van der Waals surface area contributed by atoms with Gasteiger partial charge in [0.05, 0.1) is 0 Å². The van der Waals surface area contributed by atoms with E-state index in [1.165, 1.54) is 38.5 Å². The highest BCUT2D eigenvalue weighted by molar-refractivity contribution is 7.12. The summed E-state index contributed by atoms with van der Waals surface area (Å²) in [6.45, 7) is 3.48. The quantitative estimate of drug-likeness (QED) is 0.845. The summed E-state index contributed by atoms with van der Waals surface area (Å²) in [5.74, 6) is 0.936. The first-order chi connectivity index (χ1) is 7.81. The number of hydrogen-bond donors (Lipinski definition) is 1. The molecule has 0 saturated heterocycles. The van der Waals surface area contributed by atoms with Crippen molar-refractivity contribution in [3.05, 3.63) is 21.4 Å². The average Bonchev–Trinajstić information content (AvgIpc) is 2.89. The summed E-state index contributed by atoms with van der Waals surface area (Å²) in [7, 11) is 0. The van der Waals surface area contributed by atoms with Crippen LogP contribution in [0.15, 0.2) is 6.07 Å². The summed E-state index contributed by atoms with van der Waals surface area (Å²) in [4.78, 5) is 3.22. The van der Waals surface area contributed by atoms with E-state index in [0.29, 0.717) is 0 Å². The van der Waals surface area contributed by atoms with Gasteiger partial charge < -0.3 is 5.32 Å². The normalized spacial score (nSPS) is 28.6. The molecule has 2 aliphatic rings. The van der Waals surface area contributed by atoms with Gasteiger partial charge in [0.1, 0.15) is 0 Å². The SMILES string of the molecule is CC1CCC(NCc2cc3c(s2)CCC3)C1. The van der Waals surface area contributed by atoms with Crippen LogP contribution in [0.25, 0.3) is 0 Å². The van der Waals surface area contributed by atoms with E-state index in [4.69, 9.17) is 0 Å². The number of thiophene rings is 1. The Kier molecular flexibility index (Phi) is 3.03. The monoisotopic (exact) mass is 235 g/mol. The molecule has 0 radical (unpaired) electrons. The molecular weight excluding hydrogens is 214 g/mol. The molecule has 1 N–H and O–H groups in total. The van der Waals surface area contributed by atoms with Gasteiger partial charge in [-0.3, -0.25) is 0 Å². The molecule has 0 amide bonds. The van der Waals surface area contributed by atoms with Crippen LogP contribution >= 0.6 is 11.3 Å². The molecule has 16 heavy (non-hydrogen) atoms. The fourth-order valence-corrected chi connectivity index (χ4v) is 4.33. The summed E-state index contributed by atoms with van der Waals surface area (Å²) in [6, 6.07) is 3.23. The van der Waals surface area contributed by atoms with Gasteiger partial charge in [-0.25, -0.2) is 0 Å². The van der Waals surface area contributed by atoms with Crippen molar-refractivity contribution in [2.24, 2.45) is 5.92 Å². The summed E-state index contributed by atoms with van der Waals surface area (Å²) in [5, 5.41) is 3.73. The van der Waals surface area contributed by atoms with Crippen molar-refractivity contribution >= 4 is 11.3 Å². The van der Waals surface area contributed by atoms with Crippen molar-refractivity contribution in [1.82, 2.24) is 5.32 Å². The number of hydrogen-bond acceptors (Lipinski definition) is 2. The zero-order chi connectivity index (χ0) is 11.0. The maximum atomic E-state index is 3.73. The Labute approximate surface area is 102 Å². The zero-order valence-corrected chi connectivity index (χ0v) is 10.9. The Hall–Kier alpha value is -0.340. The molecule has 0 bridgehead atoms. The van der Waals surface area contributed by atoms with E-state index >= 15 is 0 Å². The van der Waals surface area contributed by atoms with Crippen molar-refractivity contribution < 1.29 is 0 Å². The van der Waals surface area contributed by atoms with Crippen molar-refractivity contribution in [3.8, 4) is 0 Å². The van der Waals surface area contributed by atoms with Gasteiger partial charge in [0, 0.05) is 22.3 Å². The molecule has 2 unspecified atom stereocenters. The van der Waals surface area contributed by atoms with Gasteiger partial charge in [0.15, 0.2) is 0 Å². The predicted molar refractivity (Wildman–Crippen MR) is 70.0 cm³/mol. The largest absolute Gasteiger partial charge is 0.309 e. The van der Waals surface area contributed by atoms with Gasteiger partial charge >= 0.3 is 0 Å². The molecule has 1 heterocycles. The molecule has 2 aliphatic carbocycles. The second-order valence-corrected chi connectivity index (χ2v) is 6.73. The van der Waals surface area contributed by atoms with Crippen LogP contribution in [-0.2, 0) is 19.4 Å². The van der Waals surface area contributed by atoms with Crippen LogP contribution in [0.2, 0.25) is 0 Å². The lowest BCUT2D eigenvalue weighted by atomic mass is 10.1. The minimum absolute atomic E-state index is 0.784. The molecule has 1 aromatic rings. The van der Waals surface area contributed by atoms with E-state index in [2.05, 4.69) is 18.3 Å². The molecule has 88 valence electrons. The molecule has 2 atom stereocenters. The zero-order valence-electron chi connectivity index (χ0n) is 10.1. The predicted octanol–water partition coefficient (Wildman–Crippen LogP) is 3.52. The van der Waals surface area contributed by atoms with E-state index in [1.54, 1.807) is 15.3 Å². The smallest absolute Gasteiger partial charge is 0.0302 e. The number of nitrogens with one attached hydrogen (secondary N) is 1. The van der Waals surface area contributed by atoms with Crippen LogP contribution in [0, 0.1) is 5.92 Å². The Bertz CT molecular complexity index is 347. The molecule has 2 heteroatoms. The number of fused-ring (bicyclic) bond motifs is 1. The first-order valence-corrected chi connectivity index (χ1v) is 7.47. The highest BCUT2D eigenvalue weighted by Crippen LogP contribution is 2.31. The fourth-order valence-electron chi connectivity index (χ4n) is 3.12. The third-order valence-electron chi connectivity index (χ3n) is 4.06. The highest BCUT2D eigenvalue weighted by Gasteiger charge is 2.21. The lowest BCUT2D eigenvalue weighted by molar-refractivity contribution is 0.504. The maximum absolute atomic E-state index is 3.73. The Morgan fingerprint density at radius 1 is 1.38 bits per heavy atom. The minimum Gasteiger partial charge on any atom is -0.309 e. The molecule has 1 saturated carbocycles. The summed E-state index contributed by atoms with van der Waals surface area (Å²) in [5.41, 5.74) is 1.64. The topological polar surface area (TPSA) is 12.0 Å². The molecule has 1 nitrogen and oxygen atoms in total. The summed E-state index contributed by atoms with van der Waals surface area (Å²) < 4.78 is 0. The van der Waals surface area contributed by atoms with E-state index in [-0.39, 0.29) is 0 Å².